The minimum atomic E-state index is -0.0626. The van der Waals surface area contributed by atoms with E-state index in [9.17, 15) is 9.59 Å². The van der Waals surface area contributed by atoms with Gasteiger partial charge in [0.15, 0.2) is 0 Å². The van der Waals surface area contributed by atoms with Crippen molar-refractivity contribution in [1.29, 1.82) is 0 Å². The van der Waals surface area contributed by atoms with Crippen LogP contribution in [-0.4, -0.2) is 42.5 Å². The lowest BCUT2D eigenvalue weighted by atomic mass is 9.94. The van der Waals surface area contributed by atoms with E-state index < -0.39 is 0 Å². The average Bonchev–Trinajstić information content (AvgIpc) is 2.88. The third-order valence-corrected chi connectivity index (χ3v) is 4.97. The van der Waals surface area contributed by atoms with Gasteiger partial charge in [-0.25, -0.2) is 4.79 Å². The van der Waals surface area contributed by atoms with Gasteiger partial charge in [-0.05, 0) is 30.5 Å². The first-order chi connectivity index (χ1) is 11.1. The molecule has 1 aliphatic heterocycles. The molecule has 0 unspecified atom stereocenters. The van der Waals surface area contributed by atoms with E-state index in [0.29, 0.717) is 32.0 Å². The zero-order chi connectivity index (χ0) is 16.2. The Morgan fingerprint density at radius 2 is 2.00 bits per heavy atom. The molecular weight excluding hydrogens is 314 g/mol. The molecule has 0 bridgehead atoms. The molecule has 1 saturated heterocycles. The van der Waals surface area contributed by atoms with Gasteiger partial charge < -0.3 is 15.5 Å². The number of hydrogen-bond acceptors (Lipinski definition) is 2. The molecule has 2 aliphatic rings. The van der Waals surface area contributed by atoms with Crippen molar-refractivity contribution in [2.45, 2.75) is 37.6 Å². The summed E-state index contributed by atoms with van der Waals surface area (Å²) in [6.07, 6.45) is 3.55. The SMILES string of the molecule is O=C1CCN(C(=O)N[C@@H]2CCC[C@H]2c2ccc(Cl)cc2)CCN1. The van der Waals surface area contributed by atoms with Crippen molar-refractivity contribution < 1.29 is 9.59 Å². The summed E-state index contributed by atoms with van der Waals surface area (Å²) < 4.78 is 0. The Morgan fingerprint density at radius 1 is 1.22 bits per heavy atom. The van der Waals surface area contributed by atoms with Crippen LogP contribution in [0.5, 0.6) is 0 Å². The second kappa shape index (κ2) is 7.21. The molecule has 124 valence electrons. The van der Waals surface area contributed by atoms with E-state index in [1.807, 2.05) is 24.3 Å². The lowest BCUT2D eigenvalue weighted by Crippen LogP contribution is -2.46. The standard InChI is InChI=1S/C17H22ClN3O2/c18-13-6-4-12(5-7-13)14-2-1-3-15(14)20-17(23)21-10-8-16(22)19-9-11-21/h4-7,14-15H,1-3,8-11H2,(H,19,22)(H,20,23)/t14-,15+/m0/s1. The second-order valence-electron chi connectivity index (χ2n) is 6.23. The first-order valence-electron chi connectivity index (χ1n) is 8.21. The molecule has 6 heteroatoms. The van der Waals surface area contributed by atoms with Gasteiger partial charge in [0, 0.05) is 43.0 Å². The largest absolute Gasteiger partial charge is 0.354 e. The highest BCUT2D eigenvalue weighted by molar-refractivity contribution is 6.30. The third kappa shape index (κ3) is 3.96. The third-order valence-electron chi connectivity index (χ3n) is 4.72. The Labute approximate surface area is 141 Å². The molecule has 0 spiro atoms. The van der Waals surface area contributed by atoms with Crippen molar-refractivity contribution in [1.82, 2.24) is 15.5 Å². The number of hydrogen-bond donors (Lipinski definition) is 2. The normalized spacial score (nSPS) is 24.9. The lowest BCUT2D eigenvalue weighted by molar-refractivity contribution is -0.120. The van der Waals surface area contributed by atoms with Gasteiger partial charge in [-0.3, -0.25) is 4.79 Å². The Kier molecular flexibility index (Phi) is 5.06. The van der Waals surface area contributed by atoms with Gasteiger partial charge >= 0.3 is 6.03 Å². The number of amides is 3. The number of rotatable bonds is 2. The monoisotopic (exact) mass is 335 g/mol. The number of carbonyl (C=O) groups excluding carboxylic acids is 2. The number of nitrogens with one attached hydrogen (secondary N) is 2. The molecule has 1 aromatic rings. The van der Waals surface area contributed by atoms with Crippen LogP contribution in [0, 0.1) is 0 Å². The molecule has 5 nitrogen and oxygen atoms in total. The molecule has 0 radical (unpaired) electrons. The number of nitrogens with zero attached hydrogens (tertiary/aromatic N) is 1. The Hall–Kier alpha value is -1.75. The number of halogens is 1. The molecule has 3 rings (SSSR count). The average molecular weight is 336 g/mol. The van der Waals surface area contributed by atoms with Crippen LogP contribution >= 0.6 is 11.6 Å². The first kappa shape index (κ1) is 16.1. The summed E-state index contributed by atoms with van der Waals surface area (Å²) in [6, 6.07) is 7.99. The van der Waals surface area contributed by atoms with Gasteiger partial charge in [0.1, 0.15) is 0 Å². The summed E-state index contributed by atoms with van der Waals surface area (Å²) >= 11 is 5.96. The van der Waals surface area contributed by atoms with Gasteiger partial charge in [0.05, 0.1) is 0 Å². The van der Waals surface area contributed by atoms with Crippen LogP contribution in [0.3, 0.4) is 0 Å². The highest BCUT2D eigenvalue weighted by Gasteiger charge is 2.31. The fraction of sp³-hybridized carbons (Fsp3) is 0.529. The predicted molar refractivity (Wildman–Crippen MR) is 89.6 cm³/mol. The summed E-state index contributed by atoms with van der Waals surface area (Å²) in [5.74, 6) is 0.350. The van der Waals surface area contributed by atoms with Crippen LogP contribution in [0.1, 0.15) is 37.2 Å². The van der Waals surface area contributed by atoms with Gasteiger partial charge in [-0.15, -0.1) is 0 Å². The van der Waals surface area contributed by atoms with Crippen molar-refractivity contribution >= 4 is 23.5 Å². The van der Waals surface area contributed by atoms with E-state index in [4.69, 9.17) is 11.6 Å². The summed E-state index contributed by atoms with van der Waals surface area (Å²) in [5, 5.41) is 6.69. The summed E-state index contributed by atoms with van der Waals surface area (Å²) in [6.45, 7) is 1.57. The van der Waals surface area contributed by atoms with Crippen LogP contribution in [0.4, 0.5) is 4.79 Å². The van der Waals surface area contributed by atoms with Crippen LogP contribution in [0.2, 0.25) is 5.02 Å². The van der Waals surface area contributed by atoms with E-state index in [0.717, 1.165) is 24.3 Å². The molecule has 1 aromatic carbocycles. The first-order valence-corrected chi connectivity index (χ1v) is 8.59. The molecule has 23 heavy (non-hydrogen) atoms. The quantitative estimate of drug-likeness (QED) is 0.872. The van der Waals surface area contributed by atoms with E-state index >= 15 is 0 Å². The molecule has 2 atom stereocenters. The van der Waals surface area contributed by atoms with Crippen LogP contribution in [-0.2, 0) is 4.79 Å². The lowest BCUT2D eigenvalue weighted by Gasteiger charge is -2.26. The van der Waals surface area contributed by atoms with Gasteiger partial charge in [-0.1, -0.05) is 30.2 Å². The van der Waals surface area contributed by atoms with E-state index in [2.05, 4.69) is 10.6 Å². The Balaban J connectivity index is 1.62. The van der Waals surface area contributed by atoms with Crippen LogP contribution < -0.4 is 10.6 Å². The minimum absolute atomic E-state index is 0.0141. The maximum absolute atomic E-state index is 12.5. The van der Waals surface area contributed by atoms with Crippen molar-refractivity contribution in [3.63, 3.8) is 0 Å². The van der Waals surface area contributed by atoms with Gasteiger partial charge in [0.25, 0.3) is 0 Å². The molecule has 2 N–H and O–H groups in total. The number of benzene rings is 1. The van der Waals surface area contributed by atoms with Crippen LogP contribution in [0.15, 0.2) is 24.3 Å². The second-order valence-corrected chi connectivity index (χ2v) is 6.67. The minimum Gasteiger partial charge on any atom is -0.354 e. The molecule has 3 amide bonds. The van der Waals surface area contributed by atoms with E-state index in [-0.39, 0.29) is 18.0 Å². The Bertz CT molecular complexity index is 576. The Morgan fingerprint density at radius 3 is 2.78 bits per heavy atom. The number of carbonyl (C=O) groups is 2. The summed E-state index contributed by atoms with van der Waals surface area (Å²) in [4.78, 5) is 25.6. The molecule has 1 saturated carbocycles. The van der Waals surface area contributed by atoms with E-state index in [1.165, 1.54) is 5.56 Å². The smallest absolute Gasteiger partial charge is 0.317 e. The molecular formula is C17H22ClN3O2. The topological polar surface area (TPSA) is 61.4 Å². The highest BCUT2D eigenvalue weighted by atomic mass is 35.5. The highest BCUT2D eigenvalue weighted by Crippen LogP contribution is 2.35. The molecule has 1 heterocycles. The molecule has 2 fully saturated rings. The maximum atomic E-state index is 12.5. The summed E-state index contributed by atoms with van der Waals surface area (Å²) in [5.41, 5.74) is 1.23. The van der Waals surface area contributed by atoms with Gasteiger partial charge in [0.2, 0.25) is 5.91 Å². The molecule has 1 aliphatic carbocycles. The molecule has 0 aromatic heterocycles. The maximum Gasteiger partial charge on any atom is 0.317 e. The van der Waals surface area contributed by atoms with Crippen molar-refractivity contribution in [3.05, 3.63) is 34.9 Å². The zero-order valence-electron chi connectivity index (χ0n) is 13.1. The van der Waals surface area contributed by atoms with Crippen LogP contribution in [0.25, 0.3) is 0 Å². The summed E-state index contributed by atoms with van der Waals surface area (Å²) in [7, 11) is 0. The zero-order valence-corrected chi connectivity index (χ0v) is 13.8. The van der Waals surface area contributed by atoms with Crippen molar-refractivity contribution in [2.24, 2.45) is 0 Å². The van der Waals surface area contributed by atoms with Crippen molar-refractivity contribution in [2.75, 3.05) is 19.6 Å². The predicted octanol–water partition coefficient (Wildman–Crippen LogP) is 2.51. The van der Waals surface area contributed by atoms with Crippen molar-refractivity contribution in [3.8, 4) is 0 Å². The van der Waals surface area contributed by atoms with Gasteiger partial charge in [-0.2, -0.15) is 0 Å². The fourth-order valence-electron chi connectivity index (χ4n) is 3.46. The number of urea groups is 1. The fourth-order valence-corrected chi connectivity index (χ4v) is 3.59. The van der Waals surface area contributed by atoms with E-state index in [1.54, 1.807) is 4.90 Å².